The fraction of sp³-hybridized carbons (Fsp3) is 0. The second-order valence-corrected chi connectivity index (χ2v) is 4.22. The van der Waals surface area contributed by atoms with Crippen LogP contribution in [-0.2, 0) is 0 Å². The van der Waals surface area contributed by atoms with Crippen LogP contribution in [0.4, 0.5) is 5.82 Å². The highest BCUT2D eigenvalue weighted by atomic mass is 16.5. The van der Waals surface area contributed by atoms with Gasteiger partial charge in [-0.3, -0.25) is 0 Å². The van der Waals surface area contributed by atoms with E-state index in [9.17, 15) is 0 Å². The zero-order valence-corrected chi connectivity index (χ0v) is 10.7. The van der Waals surface area contributed by atoms with Gasteiger partial charge in [0.15, 0.2) is 5.82 Å². The fourth-order valence-electron chi connectivity index (χ4n) is 1.86. The van der Waals surface area contributed by atoms with E-state index in [1.165, 1.54) is 0 Å². The van der Waals surface area contributed by atoms with E-state index in [0.29, 0.717) is 17.4 Å². The Labute approximate surface area is 116 Å². The molecule has 0 spiro atoms. The Bertz CT molecular complexity index is 714. The predicted molar refractivity (Wildman–Crippen MR) is 78.4 cm³/mol. The second-order valence-electron chi connectivity index (χ2n) is 4.22. The maximum atomic E-state index is 5.88. The quantitative estimate of drug-likeness (QED) is 0.785. The van der Waals surface area contributed by atoms with Crippen LogP contribution in [0.3, 0.4) is 0 Å². The molecule has 3 aromatic rings. The highest BCUT2D eigenvalue weighted by molar-refractivity contribution is 5.65. The van der Waals surface area contributed by atoms with Crippen LogP contribution >= 0.6 is 0 Å². The van der Waals surface area contributed by atoms with E-state index in [4.69, 9.17) is 10.5 Å². The molecule has 0 saturated carbocycles. The number of para-hydroxylation sites is 2. The van der Waals surface area contributed by atoms with Crippen molar-refractivity contribution in [1.29, 1.82) is 0 Å². The number of nitrogens with zero attached hydrogens (tertiary/aromatic N) is 2. The number of nitrogen functional groups attached to an aromatic ring is 1. The van der Waals surface area contributed by atoms with Gasteiger partial charge in [0.05, 0.1) is 5.56 Å². The average molecular weight is 263 g/mol. The molecule has 20 heavy (non-hydrogen) atoms. The van der Waals surface area contributed by atoms with Crippen LogP contribution in [0.1, 0.15) is 0 Å². The van der Waals surface area contributed by atoms with Crippen molar-refractivity contribution < 1.29 is 4.74 Å². The van der Waals surface area contributed by atoms with E-state index in [1.54, 1.807) is 12.3 Å². The molecule has 0 aliphatic rings. The Hall–Kier alpha value is -2.88. The highest BCUT2D eigenvalue weighted by Gasteiger charge is 2.09. The largest absolute Gasteiger partial charge is 0.457 e. The summed E-state index contributed by atoms with van der Waals surface area (Å²) < 4.78 is 5.88. The Morgan fingerprint density at radius 1 is 0.850 bits per heavy atom. The van der Waals surface area contributed by atoms with Gasteiger partial charge in [0.1, 0.15) is 17.3 Å². The molecule has 0 aliphatic heterocycles. The Kier molecular flexibility index (Phi) is 3.29. The molecule has 0 bridgehead atoms. The number of rotatable bonds is 3. The molecule has 2 N–H and O–H groups in total. The summed E-state index contributed by atoms with van der Waals surface area (Å²) in [7, 11) is 0. The lowest BCUT2D eigenvalue weighted by molar-refractivity contribution is 0.484. The molecule has 0 unspecified atom stereocenters. The molecule has 4 heteroatoms. The third-order valence-corrected chi connectivity index (χ3v) is 2.78. The maximum absolute atomic E-state index is 5.88. The minimum Gasteiger partial charge on any atom is -0.457 e. The monoisotopic (exact) mass is 263 g/mol. The van der Waals surface area contributed by atoms with Gasteiger partial charge in [-0.05, 0) is 30.3 Å². The third kappa shape index (κ3) is 2.59. The number of hydrogen-bond donors (Lipinski definition) is 1. The summed E-state index contributed by atoms with van der Waals surface area (Å²) in [5.41, 5.74) is 6.52. The number of ether oxygens (including phenoxy) is 1. The van der Waals surface area contributed by atoms with Crippen molar-refractivity contribution in [3.8, 4) is 22.9 Å². The van der Waals surface area contributed by atoms with Crippen molar-refractivity contribution in [2.45, 2.75) is 0 Å². The standard InChI is InChI=1S/C16H13N3O/c17-15-10-11-18-16(19-15)13-8-4-5-9-14(13)20-12-6-2-1-3-7-12/h1-11H,(H2,17,18,19). The molecule has 1 aromatic heterocycles. The van der Waals surface area contributed by atoms with Crippen molar-refractivity contribution in [2.75, 3.05) is 5.73 Å². The number of anilines is 1. The van der Waals surface area contributed by atoms with E-state index in [1.807, 2.05) is 54.6 Å². The second kappa shape index (κ2) is 5.40. The molecular weight excluding hydrogens is 250 g/mol. The average Bonchev–Trinajstić information content (AvgIpc) is 2.49. The van der Waals surface area contributed by atoms with Gasteiger partial charge < -0.3 is 10.5 Å². The molecule has 0 amide bonds. The summed E-state index contributed by atoms with van der Waals surface area (Å²) >= 11 is 0. The van der Waals surface area contributed by atoms with Crippen molar-refractivity contribution >= 4 is 5.82 Å². The molecule has 3 rings (SSSR count). The topological polar surface area (TPSA) is 61.0 Å². The van der Waals surface area contributed by atoms with E-state index >= 15 is 0 Å². The lowest BCUT2D eigenvalue weighted by atomic mass is 10.2. The van der Waals surface area contributed by atoms with Gasteiger partial charge in [0.25, 0.3) is 0 Å². The van der Waals surface area contributed by atoms with E-state index in [0.717, 1.165) is 11.3 Å². The number of aromatic nitrogens is 2. The van der Waals surface area contributed by atoms with Crippen LogP contribution in [0.15, 0.2) is 66.9 Å². The van der Waals surface area contributed by atoms with Crippen molar-refractivity contribution in [3.05, 3.63) is 66.9 Å². The molecule has 0 aliphatic carbocycles. The van der Waals surface area contributed by atoms with Crippen LogP contribution in [-0.4, -0.2) is 9.97 Å². The maximum Gasteiger partial charge on any atom is 0.165 e. The molecule has 0 radical (unpaired) electrons. The first kappa shape index (κ1) is 12.2. The zero-order valence-electron chi connectivity index (χ0n) is 10.7. The minimum absolute atomic E-state index is 0.435. The first-order valence-electron chi connectivity index (χ1n) is 6.24. The van der Waals surface area contributed by atoms with Crippen molar-refractivity contribution in [2.24, 2.45) is 0 Å². The number of nitrogens with two attached hydrogens (primary N) is 1. The van der Waals surface area contributed by atoms with Crippen LogP contribution < -0.4 is 10.5 Å². The summed E-state index contributed by atoms with van der Waals surface area (Å²) in [4.78, 5) is 8.47. The van der Waals surface area contributed by atoms with Gasteiger partial charge in [-0.1, -0.05) is 30.3 Å². The molecule has 4 nitrogen and oxygen atoms in total. The van der Waals surface area contributed by atoms with E-state index in [-0.39, 0.29) is 0 Å². The van der Waals surface area contributed by atoms with Gasteiger partial charge in [0, 0.05) is 6.20 Å². The normalized spacial score (nSPS) is 10.2. The Balaban J connectivity index is 2.00. The van der Waals surface area contributed by atoms with Crippen LogP contribution in [0.25, 0.3) is 11.4 Å². The summed E-state index contributed by atoms with van der Waals surface area (Å²) in [6, 6.07) is 18.9. The lowest BCUT2D eigenvalue weighted by Crippen LogP contribution is -1.96. The molecular formula is C16H13N3O. The first-order valence-corrected chi connectivity index (χ1v) is 6.24. The summed E-state index contributed by atoms with van der Waals surface area (Å²) in [5, 5.41) is 0. The molecule has 2 aromatic carbocycles. The predicted octanol–water partition coefficient (Wildman–Crippen LogP) is 3.52. The SMILES string of the molecule is Nc1ccnc(-c2ccccc2Oc2ccccc2)n1. The molecule has 98 valence electrons. The molecule has 0 atom stereocenters. The van der Waals surface area contributed by atoms with Crippen LogP contribution in [0, 0.1) is 0 Å². The minimum atomic E-state index is 0.435. The third-order valence-electron chi connectivity index (χ3n) is 2.78. The van der Waals surface area contributed by atoms with Gasteiger partial charge in [-0.15, -0.1) is 0 Å². The zero-order chi connectivity index (χ0) is 13.8. The number of hydrogen-bond acceptors (Lipinski definition) is 4. The summed E-state index contributed by atoms with van der Waals surface area (Å²) in [5.74, 6) is 2.45. The molecule has 0 fully saturated rings. The number of benzene rings is 2. The van der Waals surface area contributed by atoms with Crippen LogP contribution in [0.5, 0.6) is 11.5 Å². The molecule has 0 saturated heterocycles. The smallest absolute Gasteiger partial charge is 0.165 e. The van der Waals surface area contributed by atoms with Crippen molar-refractivity contribution in [3.63, 3.8) is 0 Å². The first-order chi connectivity index (χ1) is 9.83. The van der Waals surface area contributed by atoms with Crippen molar-refractivity contribution in [1.82, 2.24) is 9.97 Å². The van der Waals surface area contributed by atoms with Gasteiger partial charge in [-0.25, -0.2) is 9.97 Å². The van der Waals surface area contributed by atoms with Gasteiger partial charge in [-0.2, -0.15) is 0 Å². The van der Waals surface area contributed by atoms with E-state index < -0.39 is 0 Å². The summed E-state index contributed by atoms with van der Waals surface area (Å²) in [6.45, 7) is 0. The summed E-state index contributed by atoms with van der Waals surface area (Å²) in [6.07, 6.45) is 1.64. The van der Waals surface area contributed by atoms with Gasteiger partial charge >= 0.3 is 0 Å². The van der Waals surface area contributed by atoms with E-state index in [2.05, 4.69) is 9.97 Å². The lowest BCUT2D eigenvalue weighted by Gasteiger charge is -2.10. The van der Waals surface area contributed by atoms with Gasteiger partial charge in [0.2, 0.25) is 0 Å². The highest BCUT2D eigenvalue weighted by Crippen LogP contribution is 2.31. The Morgan fingerprint density at radius 3 is 2.40 bits per heavy atom. The van der Waals surface area contributed by atoms with Crippen LogP contribution in [0.2, 0.25) is 0 Å². The molecule has 1 heterocycles. The Morgan fingerprint density at radius 2 is 1.60 bits per heavy atom. The fourth-order valence-corrected chi connectivity index (χ4v) is 1.86.